The minimum absolute atomic E-state index is 1.17. The third-order valence-electron chi connectivity index (χ3n) is 9.06. The summed E-state index contributed by atoms with van der Waals surface area (Å²) in [6, 6.07) is 0. The summed E-state index contributed by atoms with van der Waals surface area (Å²) in [4.78, 5) is 4.67. The number of aryl methyl sites for hydroxylation is 2. The van der Waals surface area contributed by atoms with Crippen LogP contribution in [-0.2, 0) is 13.0 Å². The Kier molecular flexibility index (Phi) is 29.0. The van der Waals surface area contributed by atoms with E-state index in [9.17, 15) is 0 Å². The second kappa shape index (κ2) is 31.2. The number of nitrogens with zero attached hydrogens (tertiary/aromatic N) is 2. The van der Waals surface area contributed by atoms with E-state index in [1.807, 2.05) is 6.20 Å². The first-order valence-electron chi connectivity index (χ1n) is 18.9. The summed E-state index contributed by atoms with van der Waals surface area (Å²) in [6.07, 6.45) is 49.9. The number of rotatable bonds is 33. The van der Waals surface area contributed by atoms with Gasteiger partial charge in [-0.1, -0.05) is 200 Å². The first kappa shape index (κ1) is 37.2. The van der Waals surface area contributed by atoms with Crippen LogP contribution in [0.3, 0.4) is 0 Å². The zero-order valence-corrected chi connectivity index (χ0v) is 27.9. The fourth-order valence-electron chi connectivity index (χ4n) is 6.26. The quantitative estimate of drug-likeness (QED) is 0.0784. The van der Waals surface area contributed by atoms with Crippen LogP contribution in [0.4, 0.5) is 0 Å². The molecule has 1 aromatic rings. The van der Waals surface area contributed by atoms with E-state index < -0.39 is 0 Å². The predicted molar refractivity (Wildman–Crippen MR) is 180 cm³/mol. The van der Waals surface area contributed by atoms with Crippen LogP contribution in [0.5, 0.6) is 0 Å². The average molecular weight is 559 g/mol. The van der Waals surface area contributed by atoms with E-state index in [1.165, 1.54) is 218 Å². The number of hydrogen-bond donors (Lipinski definition) is 0. The maximum absolute atomic E-state index is 4.67. The zero-order valence-electron chi connectivity index (χ0n) is 27.9. The highest BCUT2D eigenvalue weighted by Crippen LogP contribution is 2.16. The standard InChI is InChI=1S/C38H74N2/c1-3-5-7-9-11-13-15-17-19-20-22-24-26-28-30-32-34-38-39-35-37-40(38)36-33-31-29-27-25-23-21-18-16-14-12-10-8-6-4-2/h35,37H,3-34,36H2,1-2H3. The molecule has 236 valence electrons. The minimum Gasteiger partial charge on any atom is -0.335 e. The molecule has 0 N–H and O–H groups in total. The van der Waals surface area contributed by atoms with Crippen LogP contribution < -0.4 is 0 Å². The SMILES string of the molecule is CCCCCCCCCCCCCCCCCCc1nccn1CCCCCCCCCCCCCCCCC. The van der Waals surface area contributed by atoms with Gasteiger partial charge in [0.2, 0.25) is 0 Å². The van der Waals surface area contributed by atoms with Crippen molar-refractivity contribution in [3.63, 3.8) is 0 Å². The van der Waals surface area contributed by atoms with Gasteiger partial charge in [-0.05, 0) is 12.8 Å². The molecule has 0 unspecified atom stereocenters. The molecule has 0 saturated carbocycles. The minimum atomic E-state index is 1.17. The molecule has 40 heavy (non-hydrogen) atoms. The fourth-order valence-corrected chi connectivity index (χ4v) is 6.26. The Balaban J connectivity index is 1.83. The van der Waals surface area contributed by atoms with Crippen LogP contribution in [0.1, 0.15) is 219 Å². The summed E-state index contributed by atoms with van der Waals surface area (Å²) in [6.45, 7) is 5.78. The highest BCUT2D eigenvalue weighted by atomic mass is 15.1. The smallest absolute Gasteiger partial charge is 0.108 e. The molecule has 1 aromatic heterocycles. The zero-order chi connectivity index (χ0) is 28.6. The van der Waals surface area contributed by atoms with Crippen LogP contribution in [0.15, 0.2) is 12.4 Å². The van der Waals surface area contributed by atoms with Crippen molar-refractivity contribution >= 4 is 0 Å². The Morgan fingerprint density at radius 1 is 0.400 bits per heavy atom. The van der Waals surface area contributed by atoms with Gasteiger partial charge in [0.25, 0.3) is 0 Å². The molecule has 2 heteroatoms. The lowest BCUT2D eigenvalue weighted by molar-refractivity contribution is 0.513. The Morgan fingerprint density at radius 2 is 0.700 bits per heavy atom. The van der Waals surface area contributed by atoms with E-state index in [1.54, 1.807) is 0 Å². The monoisotopic (exact) mass is 559 g/mol. The van der Waals surface area contributed by atoms with Gasteiger partial charge >= 0.3 is 0 Å². The van der Waals surface area contributed by atoms with Gasteiger partial charge in [-0.3, -0.25) is 0 Å². The summed E-state index contributed by atoms with van der Waals surface area (Å²) in [7, 11) is 0. The molecule has 0 bridgehead atoms. The second-order valence-corrected chi connectivity index (χ2v) is 13.0. The van der Waals surface area contributed by atoms with E-state index in [0.29, 0.717) is 0 Å². The number of imidazole rings is 1. The predicted octanol–water partition coefficient (Wildman–Crippen LogP) is 13.6. The summed E-state index contributed by atoms with van der Waals surface area (Å²) >= 11 is 0. The van der Waals surface area contributed by atoms with E-state index in [0.717, 1.165) is 0 Å². The van der Waals surface area contributed by atoms with E-state index in [4.69, 9.17) is 0 Å². The molecule has 2 nitrogen and oxygen atoms in total. The van der Waals surface area contributed by atoms with Crippen molar-refractivity contribution in [2.45, 2.75) is 226 Å². The van der Waals surface area contributed by atoms with Crippen molar-refractivity contribution in [1.82, 2.24) is 9.55 Å². The molecule has 0 saturated heterocycles. The third kappa shape index (κ3) is 25.0. The van der Waals surface area contributed by atoms with Crippen molar-refractivity contribution in [3.8, 4) is 0 Å². The first-order valence-corrected chi connectivity index (χ1v) is 18.9. The van der Waals surface area contributed by atoms with Gasteiger partial charge < -0.3 is 4.57 Å². The Bertz CT molecular complexity index is 592. The van der Waals surface area contributed by atoms with Crippen LogP contribution in [0, 0.1) is 0 Å². The molecule has 0 spiro atoms. The van der Waals surface area contributed by atoms with Crippen molar-refractivity contribution in [3.05, 3.63) is 18.2 Å². The molecular weight excluding hydrogens is 484 g/mol. The topological polar surface area (TPSA) is 17.8 Å². The summed E-state index contributed by atoms with van der Waals surface area (Å²) in [5, 5.41) is 0. The summed E-state index contributed by atoms with van der Waals surface area (Å²) in [5.41, 5.74) is 0. The molecule has 0 aliphatic carbocycles. The number of hydrogen-bond acceptors (Lipinski definition) is 1. The fraction of sp³-hybridized carbons (Fsp3) is 0.921. The van der Waals surface area contributed by atoms with Crippen molar-refractivity contribution < 1.29 is 0 Å². The highest BCUT2D eigenvalue weighted by molar-refractivity contribution is 4.92. The molecular formula is C38H74N2. The van der Waals surface area contributed by atoms with Gasteiger partial charge in [0, 0.05) is 25.4 Å². The summed E-state index contributed by atoms with van der Waals surface area (Å²) in [5.74, 6) is 1.33. The lowest BCUT2D eigenvalue weighted by Crippen LogP contribution is -2.03. The van der Waals surface area contributed by atoms with Crippen molar-refractivity contribution in [1.29, 1.82) is 0 Å². The lowest BCUT2D eigenvalue weighted by Gasteiger charge is -2.08. The summed E-state index contributed by atoms with van der Waals surface area (Å²) < 4.78 is 2.44. The van der Waals surface area contributed by atoms with E-state index in [-0.39, 0.29) is 0 Å². The van der Waals surface area contributed by atoms with Crippen molar-refractivity contribution in [2.75, 3.05) is 0 Å². The van der Waals surface area contributed by atoms with Crippen LogP contribution in [-0.4, -0.2) is 9.55 Å². The Morgan fingerprint density at radius 3 is 1.05 bits per heavy atom. The van der Waals surface area contributed by atoms with E-state index >= 15 is 0 Å². The van der Waals surface area contributed by atoms with Crippen LogP contribution in [0.25, 0.3) is 0 Å². The highest BCUT2D eigenvalue weighted by Gasteiger charge is 2.03. The number of unbranched alkanes of at least 4 members (excludes halogenated alkanes) is 29. The Hall–Kier alpha value is -0.790. The molecule has 0 fully saturated rings. The average Bonchev–Trinajstić information content (AvgIpc) is 3.42. The molecule has 1 heterocycles. The lowest BCUT2D eigenvalue weighted by atomic mass is 10.0. The molecule has 0 amide bonds. The molecule has 0 radical (unpaired) electrons. The second-order valence-electron chi connectivity index (χ2n) is 13.0. The normalized spacial score (nSPS) is 11.6. The van der Waals surface area contributed by atoms with Gasteiger partial charge in [0.1, 0.15) is 5.82 Å². The molecule has 0 aromatic carbocycles. The first-order chi connectivity index (χ1) is 19.9. The largest absolute Gasteiger partial charge is 0.335 e. The van der Waals surface area contributed by atoms with E-state index in [2.05, 4.69) is 29.6 Å². The van der Waals surface area contributed by atoms with Gasteiger partial charge in [-0.25, -0.2) is 4.98 Å². The van der Waals surface area contributed by atoms with Gasteiger partial charge in [-0.15, -0.1) is 0 Å². The van der Waals surface area contributed by atoms with Crippen molar-refractivity contribution in [2.24, 2.45) is 0 Å². The van der Waals surface area contributed by atoms with Crippen LogP contribution >= 0.6 is 0 Å². The third-order valence-corrected chi connectivity index (χ3v) is 9.06. The Labute approximate surface area is 253 Å². The molecule has 0 atom stereocenters. The molecule has 0 aliphatic rings. The van der Waals surface area contributed by atoms with Gasteiger partial charge in [-0.2, -0.15) is 0 Å². The number of aromatic nitrogens is 2. The maximum Gasteiger partial charge on any atom is 0.108 e. The maximum atomic E-state index is 4.67. The van der Waals surface area contributed by atoms with Gasteiger partial charge in [0.15, 0.2) is 0 Å². The van der Waals surface area contributed by atoms with Gasteiger partial charge in [0.05, 0.1) is 0 Å². The molecule has 1 rings (SSSR count). The van der Waals surface area contributed by atoms with Crippen LogP contribution in [0.2, 0.25) is 0 Å². The molecule has 0 aliphatic heterocycles.